The number of halogens is 2. The van der Waals surface area contributed by atoms with Gasteiger partial charge >= 0.3 is 0 Å². The molecule has 2 N–H and O–H groups in total. The van der Waals surface area contributed by atoms with Crippen molar-refractivity contribution >= 4 is 15.9 Å². The summed E-state index contributed by atoms with van der Waals surface area (Å²) >= 11 is 3.32. The predicted octanol–water partition coefficient (Wildman–Crippen LogP) is 2.46. The second kappa shape index (κ2) is 6.50. The van der Waals surface area contributed by atoms with Crippen molar-refractivity contribution in [3.05, 3.63) is 28.2 Å². The summed E-state index contributed by atoms with van der Waals surface area (Å²) in [6, 6.07) is 5.40. The summed E-state index contributed by atoms with van der Waals surface area (Å²) in [5.41, 5.74) is 0.817. The minimum absolute atomic E-state index is 0.0369. The number of phenols is 1. The number of hydrogen-bond acceptors (Lipinski definition) is 3. The highest BCUT2D eigenvalue weighted by Gasteiger charge is 2.24. The first-order valence-corrected chi connectivity index (χ1v) is 7.01. The van der Waals surface area contributed by atoms with E-state index in [1.165, 1.54) is 0 Å². The van der Waals surface area contributed by atoms with Crippen molar-refractivity contribution in [3.63, 3.8) is 0 Å². The maximum absolute atomic E-state index is 12.8. The van der Waals surface area contributed by atoms with Gasteiger partial charge in [-0.25, -0.2) is 0 Å². The molecule has 0 aliphatic carbocycles. The van der Waals surface area contributed by atoms with Gasteiger partial charge in [0.15, 0.2) is 0 Å². The largest absolute Gasteiger partial charge is 0.508 e. The van der Waals surface area contributed by atoms with Gasteiger partial charge in [0.2, 0.25) is 0 Å². The van der Waals surface area contributed by atoms with Gasteiger partial charge in [-0.1, -0.05) is 22.0 Å². The van der Waals surface area contributed by atoms with Crippen LogP contribution in [0.2, 0.25) is 0 Å². The zero-order valence-electron chi connectivity index (χ0n) is 10.2. The van der Waals surface area contributed by atoms with Crippen molar-refractivity contribution < 1.29 is 9.50 Å². The normalized spacial score (nSPS) is 18.8. The summed E-state index contributed by atoms with van der Waals surface area (Å²) in [6.07, 6.45) is 0.426. The lowest BCUT2D eigenvalue weighted by molar-refractivity contribution is 0.155. The number of piperazine rings is 1. The Kier molecular flexibility index (Phi) is 4.97. The molecular weight excluding hydrogens is 299 g/mol. The van der Waals surface area contributed by atoms with Crippen LogP contribution in [0.15, 0.2) is 22.7 Å². The summed E-state index contributed by atoms with van der Waals surface area (Å²) in [5.74, 6) is 0.237. The number of alkyl halides is 1. The van der Waals surface area contributed by atoms with Crippen LogP contribution >= 0.6 is 15.9 Å². The number of rotatable bonds is 4. The lowest BCUT2D eigenvalue weighted by atomic mass is 10.0. The average Bonchev–Trinajstić information content (AvgIpc) is 2.38. The molecule has 100 valence electrons. The van der Waals surface area contributed by atoms with E-state index in [1.807, 2.05) is 12.1 Å². The molecule has 1 aromatic rings. The highest BCUT2D eigenvalue weighted by molar-refractivity contribution is 9.10. The van der Waals surface area contributed by atoms with Gasteiger partial charge < -0.3 is 10.4 Å². The number of benzene rings is 1. The summed E-state index contributed by atoms with van der Waals surface area (Å²) in [4.78, 5) is 2.24. The van der Waals surface area contributed by atoms with Gasteiger partial charge in [0.1, 0.15) is 5.75 Å². The van der Waals surface area contributed by atoms with Crippen molar-refractivity contribution in [1.29, 1.82) is 0 Å². The Morgan fingerprint density at radius 2 is 2.11 bits per heavy atom. The molecule has 0 spiro atoms. The van der Waals surface area contributed by atoms with Crippen LogP contribution in [0.1, 0.15) is 18.0 Å². The van der Waals surface area contributed by atoms with Gasteiger partial charge in [-0.2, -0.15) is 0 Å². The van der Waals surface area contributed by atoms with Crippen LogP contribution in [-0.4, -0.2) is 42.9 Å². The van der Waals surface area contributed by atoms with Gasteiger partial charge in [-0.05, 0) is 18.6 Å². The van der Waals surface area contributed by atoms with Crippen LogP contribution in [0.3, 0.4) is 0 Å². The summed E-state index contributed by atoms with van der Waals surface area (Å²) < 4.78 is 13.6. The van der Waals surface area contributed by atoms with Gasteiger partial charge in [0.25, 0.3) is 0 Å². The Labute approximate surface area is 115 Å². The molecular formula is C13H18BrFN2O. The molecule has 1 saturated heterocycles. The van der Waals surface area contributed by atoms with Gasteiger partial charge in [0, 0.05) is 42.3 Å². The second-order valence-electron chi connectivity index (χ2n) is 4.48. The lowest BCUT2D eigenvalue weighted by Gasteiger charge is -2.35. The van der Waals surface area contributed by atoms with Crippen LogP contribution in [0, 0.1) is 0 Å². The molecule has 18 heavy (non-hydrogen) atoms. The molecule has 5 heteroatoms. The highest BCUT2D eigenvalue weighted by atomic mass is 79.9. The molecule has 2 rings (SSSR count). The quantitative estimate of drug-likeness (QED) is 0.895. The van der Waals surface area contributed by atoms with E-state index in [2.05, 4.69) is 26.1 Å². The zero-order chi connectivity index (χ0) is 13.0. The van der Waals surface area contributed by atoms with Crippen LogP contribution in [0.25, 0.3) is 0 Å². The third-order valence-electron chi connectivity index (χ3n) is 3.33. The first-order valence-electron chi connectivity index (χ1n) is 6.21. The molecule has 1 aromatic carbocycles. The fourth-order valence-electron chi connectivity index (χ4n) is 2.43. The maximum atomic E-state index is 12.8. The number of nitrogens with one attached hydrogen (secondary N) is 1. The number of aromatic hydroxyl groups is 1. The minimum Gasteiger partial charge on any atom is -0.508 e. The molecule has 0 aromatic heterocycles. The van der Waals surface area contributed by atoms with Crippen molar-refractivity contribution in [2.45, 2.75) is 12.5 Å². The van der Waals surface area contributed by atoms with E-state index < -0.39 is 0 Å². The van der Waals surface area contributed by atoms with E-state index in [4.69, 9.17) is 0 Å². The maximum Gasteiger partial charge on any atom is 0.121 e. The average molecular weight is 317 g/mol. The molecule has 0 bridgehead atoms. The van der Waals surface area contributed by atoms with Crippen molar-refractivity contribution in [1.82, 2.24) is 10.2 Å². The topological polar surface area (TPSA) is 35.5 Å². The Hall–Kier alpha value is -0.650. The number of hydrogen-bond donors (Lipinski definition) is 2. The number of nitrogens with zero attached hydrogens (tertiary/aromatic N) is 1. The molecule has 0 radical (unpaired) electrons. The molecule has 1 aliphatic rings. The minimum atomic E-state index is -0.371. The molecule has 0 saturated carbocycles. The van der Waals surface area contributed by atoms with Crippen molar-refractivity contribution in [3.8, 4) is 5.75 Å². The van der Waals surface area contributed by atoms with E-state index in [0.717, 1.165) is 36.2 Å². The summed E-state index contributed by atoms with van der Waals surface area (Å²) in [7, 11) is 0. The molecule has 1 heterocycles. The first kappa shape index (κ1) is 13.8. The molecule has 1 aliphatic heterocycles. The van der Waals surface area contributed by atoms with E-state index >= 15 is 0 Å². The second-order valence-corrected chi connectivity index (χ2v) is 5.40. The smallest absolute Gasteiger partial charge is 0.121 e. The zero-order valence-corrected chi connectivity index (χ0v) is 11.8. The first-order chi connectivity index (χ1) is 8.72. The van der Waals surface area contributed by atoms with E-state index in [1.54, 1.807) is 6.07 Å². The molecule has 0 unspecified atom stereocenters. The third-order valence-corrected chi connectivity index (χ3v) is 3.82. The van der Waals surface area contributed by atoms with E-state index in [9.17, 15) is 9.50 Å². The van der Waals surface area contributed by atoms with E-state index in [0.29, 0.717) is 6.42 Å². The Morgan fingerprint density at radius 1 is 1.39 bits per heavy atom. The lowest BCUT2D eigenvalue weighted by Crippen LogP contribution is -2.45. The SMILES string of the molecule is Oc1cc(Br)ccc1[C@@H](CCF)N1CCNCC1. The Bertz CT molecular complexity index is 397. The van der Waals surface area contributed by atoms with Crippen LogP contribution in [0.4, 0.5) is 4.39 Å². The summed E-state index contributed by atoms with van der Waals surface area (Å²) in [5, 5.41) is 13.3. The fraction of sp³-hybridized carbons (Fsp3) is 0.538. The van der Waals surface area contributed by atoms with Crippen molar-refractivity contribution in [2.24, 2.45) is 0 Å². The molecule has 1 fully saturated rings. The molecule has 3 nitrogen and oxygen atoms in total. The Balaban J connectivity index is 2.22. The predicted molar refractivity (Wildman–Crippen MR) is 73.6 cm³/mol. The number of phenolic OH excluding ortho intramolecular Hbond substituents is 1. The van der Waals surface area contributed by atoms with E-state index in [-0.39, 0.29) is 18.5 Å². The molecule has 1 atom stereocenters. The van der Waals surface area contributed by atoms with Crippen LogP contribution < -0.4 is 5.32 Å². The van der Waals surface area contributed by atoms with Gasteiger partial charge in [-0.15, -0.1) is 0 Å². The van der Waals surface area contributed by atoms with Gasteiger partial charge in [0.05, 0.1) is 6.67 Å². The standard InChI is InChI=1S/C13H18BrFN2O/c14-10-1-2-11(13(18)9-10)12(3-4-15)17-7-5-16-6-8-17/h1-2,9,12,16,18H,3-8H2/t12-/m1/s1. The summed E-state index contributed by atoms with van der Waals surface area (Å²) in [6.45, 7) is 3.24. The van der Waals surface area contributed by atoms with Crippen LogP contribution in [0.5, 0.6) is 5.75 Å². The fourth-order valence-corrected chi connectivity index (χ4v) is 2.78. The molecule has 0 amide bonds. The van der Waals surface area contributed by atoms with Crippen LogP contribution in [-0.2, 0) is 0 Å². The van der Waals surface area contributed by atoms with Gasteiger partial charge in [-0.3, -0.25) is 9.29 Å². The van der Waals surface area contributed by atoms with Crippen molar-refractivity contribution in [2.75, 3.05) is 32.9 Å². The highest BCUT2D eigenvalue weighted by Crippen LogP contribution is 2.33. The monoisotopic (exact) mass is 316 g/mol. The Morgan fingerprint density at radius 3 is 2.72 bits per heavy atom. The third kappa shape index (κ3) is 3.22.